The fourth-order valence-electron chi connectivity index (χ4n) is 1.17. The van der Waals surface area contributed by atoms with Crippen molar-refractivity contribution in [3.63, 3.8) is 0 Å². The van der Waals surface area contributed by atoms with Crippen LogP contribution in [0.2, 0.25) is 0 Å². The highest BCUT2D eigenvalue weighted by Crippen LogP contribution is 2.29. The maximum Gasteiger partial charge on any atom is 0.161 e. The molecular formula is C10H9O5-. The fourth-order valence-corrected chi connectivity index (χ4v) is 1.17. The SMILES string of the molecule is COc1cc(C=O)c(C(=O)[O-])cc1OC. The number of rotatable bonds is 4. The average Bonchev–Trinajstić information content (AvgIpc) is 2.26. The Hall–Kier alpha value is -2.04. The molecule has 1 aromatic rings. The summed E-state index contributed by atoms with van der Waals surface area (Å²) in [6.45, 7) is 0. The second-order valence-electron chi connectivity index (χ2n) is 2.70. The van der Waals surface area contributed by atoms with Gasteiger partial charge in [-0.25, -0.2) is 0 Å². The third-order valence-electron chi connectivity index (χ3n) is 1.90. The van der Waals surface area contributed by atoms with Gasteiger partial charge in [-0.1, -0.05) is 0 Å². The topological polar surface area (TPSA) is 75.7 Å². The van der Waals surface area contributed by atoms with E-state index in [9.17, 15) is 14.7 Å². The first-order chi connectivity index (χ1) is 7.13. The van der Waals surface area contributed by atoms with Gasteiger partial charge in [0.05, 0.1) is 20.2 Å². The number of hydrogen-bond donors (Lipinski definition) is 0. The van der Waals surface area contributed by atoms with Crippen molar-refractivity contribution in [2.24, 2.45) is 0 Å². The predicted molar refractivity (Wildman–Crippen MR) is 49.3 cm³/mol. The van der Waals surface area contributed by atoms with Crippen LogP contribution in [0.4, 0.5) is 0 Å². The van der Waals surface area contributed by atoms with Gasteiger partial charge in [0.2, 0.25) is 0 Å². The lowest BCUT2D eigenvalue weighted by Crippen LogP contribution is -2.23. The number of hydrogen-bond acceptors (Lipinski definition) is 5. The van der Waals surface area contributed by atoms with Crippen molar-refractivity contribution in [1.82, 2.24) is 0 Å². The molecule has 0 unspecified atom stereocenters. The predicted octanol–water partition coefficient (Wildman–Crippen LogP) is -0.120. The quantitative estimate of drug-likeness (QED) is 0.646. The standard InChI is InChI=1S/C10H10O5/c1-14-8-3-6(5-11)7(10(12)13)4-9(8)15-2/h3-5H,1-2H3,(H,12,13)/p-1. The van der Waals surface area contributed by atoms with Gasteiger partial charge in [0.1, 0.15) is 0 Å². The van der Waals surface area contributed by atoms with Crippen LogP contribution in [0.1, 0.15) is 20.7 Å². The van der Waals surface area contributed by atoms with E-state index < -0.39 is 5.97 Å². The van der Waals surface area contributed by atoms with Gasteiger partial charge in [-0.15, -0.1) is 0 Å². The molecule has 0 bridgehead atoms. The molecule has 15 heavy (non-hydrogen) atoms. The van der Waals surface area contributed by atoms with Crippen molar-refractivity contribution in [2.45, 2.75) is 0 Å². The molecule has 0 saturated carbocycles. The van der Waals surface area contributed by atoms with Crippen LogP contribution < -0.4 is 14.6 Å². The van der Waals surface area contributed by atoms with E-state index in [-0.39, 0.29) is 16.9 Å². The van der Waals surface area contributed by atoms with Gasteiger partial charge in [-0.2, -0.15) is 0 Å². The summed E-state index contributed by atoms with van der Waals surface area (Å²) in [6, 6.07) is 2.48. The van der Waals surface area contributed by atoms with E-state index in [0.717, 1.165) is 0 Å². The molecule has 0 aromatic heterocycles. The summed E-state index contributed by atoms with van der Waals surface area (Å²) < 4.78 is 9.81. The Morgan fingerprint density at radius 2 is 1.80 bits per heavy atom. The van der Waals surface area contributed by atoms with E-state index in [1.807, 2.05) is 0 Å². The zero-order valence-corrected chi connectivity index (χ0v) is 8.27. The van der Waals surface area contributed by atoms with Crippen LogP contribution in [-0.4, -0.2) is 26.5 Å². The highest BCUT2D eigenvalue weighted by atomic mass is 16.5. The molecule has 0 radical (unpaired) electrons. The minimum Gasteiger partial charge on any atom is -0.545 e. The molecule has 0 atom stereocenters. The van der Waals surface area contributed by atoms with Gasteiger partial charge in [0.15, 0.2) is 17.8 Å². The Labute approximate surface area is 86.2 Å². The number of aldehydes is 1. The van der Waals surface area contributed by atoms with Crippen molar-refractivity contribution < 1.29 is 24.2 Å². The van der Waals surface area contributed by atoms with E-state index in [4.69, 9.17) is 9.47 Å². The summed E-state index contributed by atoms with van der Waals surface area (Å²) in [5.41, 5.74) is -0.227. The lowest BCUT2D eigenvalue weighted by Gasteiger charge is -2.12. The van der Waals surface area contributed by atoms with Crippen LogP contribution >= 0.6 is 0 Å². The minimum atomic E-state index is -1.43. The number of methoxy groups -OCH3 is 2. The molecule has 1 rings (SSSR count). The normalized spacial score (nSPS) is 9.47. The first-order valence-corrected chi connectivity index (χ1v) is 4.06. The van der Waals surface area contributed by atoms with Gasteiger partial charge in [0, 0.05) is 11.1 Å². The van der Waals surface area contributed by atoms with E-state index in [2.05, 4.69) is 0 Å². The molecule has 5 nitrogen and oxygen atoms in total. The fraction of sp³-hybridized carbons (Fsp3) is 0.200. The maximum absolute atomic E-state index is 10.7. The van der Waals surface area contributed by atoms with Crippen LogP contribution in [0.3, 0.4) is 0 Å². The second-order valence-corrected chi connectivity index (χ2v) is 2.70. The number of carboxylic acid groups (broad SMARTS) is 1. The summed E-state index contributed by atoms with van der Waals surface area (Å²) >= 11 is 0. The Balaban J connectivity index is 3.40. The molecule has 0 amide bonds. The lowest BCUT2D eigenvalue weighted by molar-refractivity contribution is -0.255. The molecule has 0 aliphatic carbocycles. The Morgan fingerprint density at radius 3 is 2.20 bits per heavy atom. The van der Waals surface area contributed by atoms with Crippen molar-refractivity contribution >= 4 is 12.3 Å². The summed E-state index contributed by atoms with van der Waals surface area (Å²) in [6.07, 6.45) is 0.424. The van der Waals surface area contributed by atoms with E-state index >= 15 is 0 Å². The number of carbonyl (C=O) groups is 2. The zero-order chi connectivity index (χ0) is 11.4. The van der Waals surface area contributed by atoms with E-state index in [0.29, 0.717) is 12.0 Å². The molecule has 0 spiro atoms. The van der Waals surface area contributed by atoms with Crippen LogP contribution in [0, 0.1) is 0 Å². The number of carbonyl (C=O) groups excluding carboxylic acids is 2. The van der Waals surface area contributed by atoms with Crippen molar-refractivity contribution in [3.8, 4) is 11.5 Å². The first kappa shape index (κ1) is 11.0. The molecule has 80 valence electrons. The molecule has 1 aromatic carbocycles. The van der Waals surface area contributed by atoms with Crippen LogP contribution in [-0.2, 0) is 0 Å². The third-order valence-corrected chi connectivity index (χ3v) is 1.90. The Bertz CT molecular complexity index is 397. The molecule has 0 heterocycles. The monoisotopic (exact) mass is 209 g/mol. The van der Waals surface area contributed by atoms with Crippen LogP contribution in [0.15, 0.2) is 12.1 Å². The molecule has 0 aliphatic rings. The van der Waals surface area contributed by atoms with Crippen molar-refractivity contribution in [1.29, 1.82) is 0 Å². The first-order valence-electron chi connectivity index (χ1n) is 4.06. The van der Waals surface area contributed by atoms with Gasteiger partial charge in [0.25, 0.3) is 0 Å². The smallest absolute Gasteiger partial charge is 0.161 e. The van der Waals surface area contributed by atoms with Gasteiger partial charge in [-0.3, -0.25) is 4.79 Å². The molecule has 0 N–H and O–H groups in total. The summed E-state index contributed by atoms with van der Waals surface area (Å²) in [5.74, 6) is -0.898. The summed E-state index contributed by atoms with van der Waals surface area (Å²) in [5, 5.41) is 10.7. The van der Waals surface area contributed by atoms with Gasteiger partial charge >= 0.3 is 0 Å². The largest absolute Gasteiger partial charge is 0.545 e. The number of aromatic carboxylic acids is 1. The van der Waals surface area contributed by atoms with E-state index in [1.165, 1.54) is 26.4 Å². The zero-order valence-electron chi connectivity index (χ0n) is 8.27. The van der Waals surface area contributed by atoms with Gasteiger partial charge in [-0.05, 0) is 12.1 Å². The van der Waals surface area contributed by atoms with Crippen LogP contribution in [0.25, 0.3) is 0 Å². The second kappa shape index (κ2) is 4.45. The van der Waals surface area contributed by atoms with Crippen molar-refractivity contribution in [3.05, 3.63) is 23.3 Å². The molecule has 5 heteroatoms. The number of ether oxygens (including phenoxy) is 2. The summed E-state index contributed by atoms with van der Waals surface area (Å²) in [4.78, 5) is 21.3. The summed E-state index contributed by atoms with van der Waals surface area (Å²) in [7, 11) is 2.77. The van der Waals surface area contributed by atoms with Crippen molar-refractivity contribution in [2.75, 3.05) is 14.2 Å². The Morgan fingerprint density at radius 1 is 1.27 bits per heavy atom. The number of carboxylic acids is 1. The highest BCUT2D eigenvalue weighted by Gasteiger charge is 2.10. The molecule has 0 saturated heterocycles. The maximum atomic E-state index is 10.7. The Kier molecular flexibility index (Phi) is 3.28. The molecular weight excluding hydrogens is 200 g/mol. The number of benzene rings is 1. The molecule has 0 aliphatic heterocycles. The van der Waals surface area contributed by atoms with E-state index in [1.54, 1.807) is 0 Å². The van der Waals surface area contributed by atoms with Gasteiger partial charge < -0.3 is 19.4 Å². The molecule has 0 fully saturated rings. The van der Waals surface area contributed by atoms with Crippen LogP contribution in [0.5, 0.6) is 11.5 Å². The lowest BCUT2D eigenvalue weighted by atomic mass is 10.1. The minimum absolute atomic E-state index is 0.00681. The third kappa shape index (κ3) is 2.07. The highest BCUT2D eigenvalue weighted by molar-refractivity contribution is 5.97. The average molecular weight is 209 g/mol.